The zero-order chi connectivity index (χ0) is 16.1. The van der Waals surface area contributed by atoms with Gasteiger partial charge in [-0.05, 0) is 47.4 Å². The van der Waals surface area contributed by atoms with Gasteiger partial charge in [0.15, 0.2) is 0 Å². The van der Waals surface area contributed by atoms with E-state index in [1.807, 2.05) is 41.1 Å². The number of thiophene rings is 1. The second kappa shape index (κ2) is 7.28. The molecule has 0 fully saturated rings. The van der Waals surface area contributed by atoms with Crippen LogP contribution in [0.2, 0.25) is 0 Å². The molecule has 2 aromatic heterocycles. The van der Waals surface area contributed by atoms with Crippen molar-refractivity contribution in [1.29, 1.82) is 0 Å². The number of carbonyl (C=O) groups is 1. The van der Waals surface area contributed by atoms with Crippen LogP contribution in [0.15, 0.2) is 45.9 Å². The van der Waals surface area contributed by atoms with E-state index in [1.165, 1.54) is 0 Å². The number of hydrogen-bond donors (Lipinski definition) is 1. The molecular formula is C17H18N2O3S. The molecule has 0 spiro atoms. The predicted octanol–water partition coefficient (Wildman–Crippen LogP) is 2.96. The molecule has 3 rings (SSSR count). The normalized spacial score (nSPS) is 11.0. The van der Waals surface area contributed by atoms with Crippen molar-refractivity contribution in [3.05, 3.63) is 57.1 Å². The fourth-order valence-corrected chi connectivity index (χ4v) is 3.19. The van der Waals surface area contributed by atoms with E-state index in [1.54, 1.807) is 15.9 Å². The number of ether oxygens (including phenoxy) is 1. The van der Waals surface area contributed by atoms with Gasteiger partial charge in [0.05, 0.1) is 17.6 Å². The number of rotatable bonds is 7. The van der Waals surface area contributed by atoms with Crippen LogP contribution in [0, 0.1) is 0 Å². The Hall–Kier alpha value is -2.34. The monoisotopic (exact) mass is 330 g/mol. The van der Waals surface area contributed by atoms with Crippen LogP contribution in [-0.4, -0.2) is 22.1 Å². The highest BCUT2D eigenvalue weighted by molar-refractivity contribution is 7.07. The molecule has 6 heteroatoms. The van der Waals surface area contributed by atoms with E-state index in [2.05, 4.69) is 4.98 Å². The number of benzene rings is 1. The smallest absolute Gasteiger partial charge is 0.326 e. The van der Waals surface area contributed by atoms with Gasteiger partial charge in [-0.3, -0.25) is 9.36 Å². The summed E-state index contributed by atoms with van der Waals surface area (Å²) in [5.74, 6) is -0.192. The SMILES string of the molecule is O=C(CCc1ccsc1)OCCCn1c(=O)[nH]c2ccccc21. The Bertz CT molecular complexity index is 833. The summed E-state index contributed by atoms with van der Waals surface area (Å²) < 4.78 is 6.90. The Morgan fingerprint density at radius 2 is 2.13 bits per heavy atom. The van der Waals surface area contributed by atoms with Crippen LogP contribution in [0.5, 0.6) is 0 Å². The number of hydrogen-bond acceptors (Lipinski definition) is 4. The predicted molar refractivity (Wildman–Crippen MR) is 90.8 cm³/mol. The van der Waals surface area contributed by atoms with E-state index >= 15 is 0 Å². The number of aromatic amines is 1. The van der Waals surface area contributed by atoms with Crippen molar-refractivity contribution in [2.24, 2.45) is 0 Å². The lowest BCUT2D eigenvalue weighted by molar-refractivity contribution is -0.143. The van der Waals surface area contributed by atoms with Gasteiger partial charge >= 0.3 is 11.7 Å². The quantitative estimate of drug-likeness (QED) is 0.535. The van der Waals surface area contributed by atoms with Crippen LogP contribution in [0.25, 0.3) is 11.0 Å². The van der Waals surface area contributed by atoms with Crippen LogP contribution < -0.4 is 5.69 Å². The summed E-state index contributed by atoms with van der Waals surface area (Å²) in [6.07, 6.45) is 1.72. The molecule has 0 saturated heterocycles. The lowest BCUT2D eigenvalue weighted by Gasteiger charge is -2.05. The first kappa shape index (κ1) is 15.6. The van der Waals surface area contributed by atoms with Crippen LogP contribution in [-0.2, 0) is 22.5 Å². The molecule has 0 aliphatic heterocycles. The molecule has 23 heavy (non-hydrogen) atoms. The molecule has 0 unspecified atom stereocenters. The Balaban J connectivity index is 1.45. The highest BCUT2D eigenvalue weighted by atomic mass is 32.1. The van der Waals surface area contributed by atoms with Crippen LogP contribution in [0.3, 0.4) is 0 Å². The molecule has 0 atom stereocenters. The molecule has 120 valence electrons. The van der Waals surface area contributed by atoms with Gasteiger partial charge in [-0.25, -0.2) is 4.79 Å². The van der Waals surface area contributed by atoms with Crippen molar-refractivity contribution < 1.29 is 9.53 Å². The number of para-hydroxylation sites is 2. The molecule has 1 aromatic carbocycles. The van der Waals surface area contributed by atoms with Gasteiger partial charge in [-0.15, -0.1) is 0 Å². The summed E-state index contributed by atoms with van der Waals surface area (Å²) in [5.41, 5.74) is 2.74. The summed E-state index contributed by atoms with van der Waals surface area (Å²) in [7, 11) is 0. The Labute approximate surface area is 137 Å². The number of aromatic nitrogens is 2. The topological polar surface area (TPSA) is 64.1 Å². The summed E-state index contributed by atoms with van der Waals surface area (Å²) in [6, 6.07) is 9.58. The molecule has 1 N–H and O–H groups in total. The molecule has 0 aliphatic rings. The molecule has 3 aromatic rings. The third kappa shape index (κ3) is 3.90. The maximum atomic E-state index is 11.9. The Morgan fingerprint density at radius 1 is 1.26 bits per heavy atom. The first-order valence-electron chi connectivity index (χ1n) is 7.58. The third-order valence-corrected chi connectivity index (χ3v) is 4.40. The first-order chi connectivity index (χ1) is 11.2. The van der Waals surface area contributed by atoms with E-state index in [0.29, 0.717) is 32.4 Å². The zero-order valence-corrected chi connectivity index (χ0v) is 13.5. The largest absolute Gasteiger partial charge is 0.466 e. The van der Waals surface area contributed by atoms with Gasteiger partial charge < -0.3 is 9.72 Å². The third-order valence-electron chi connectivity index (χ3n) is 3.67. The minimum Gasteiger partial charge on any atom is -0.466 e. The first-order valence-corrected chi connectivity index (χ1v) is 8.52. The molecule has 2 heterocycles. The van der Waals surface area contributed by atoms with Gasteiger partial charge in [-0.1, -0.05) is 12.1 Å². The maximum Gasteiger partial charge on any atom is 0.326 e. The second-order valence-corrected chi connectivity index (χ2v) is 6.08. The standard InChI is InChI=1S/C17H18N2O3S/c20-16(7-6-13-8-11-23-12-13)22-10-3-9-19-15-5-2-1-4-14(15)18-17(19)21/h1-2,4-5,8,11-12H,3,6-7,9-10H2,(H,18,21). The molecule has 0 saturated carbocycles. The summed E-state index contributed by atoms with van der Waals surface area (Å²) in [6.45, 7) is 0.856. The van der Waals surface area contributed by atoms with Crippen molar-refractivity contribution in [2.75, 3.05) is 6.61 Å². The van der Waals surface area contributed by atoms with E-state index in [4.69, 9.17) is 4.74 Å². The lowest BCUT2D eigenvalue weighted by atomic mass is 10.2. The zero-order valence-electron chi connectivity index (χ0n) is 12.7. The number of H-pyrrole nitrogens is 1. The van der Waals surface area contributed by atoms with E-state index in [0.717, 1.165) is 16.6 Å². The van der Waals surface area contributed by atoms with Crippen molar-refractivity contribution in [3.63, 3.8) is 0 Å². The molecule has 0 aliphatic carbocycles. The molecule has 0 amide bonds. The Morgan fingerprint density at radius 3 is 2.96 bits per heavy atom. The lowest BCUT2D eigenvalue weighted by Crippen LogP contribution is -2.18. The maximum absolute atomic E-state index is 11.9. The molecular weight excluding hydrogens is 312 g/mol. The van der Waals surface area contributed by atoms with E-state index in [-0.39, 0.29) is 11.7 Å². The van der Waals surface area contributed by atoms with Gasteiger partial charge in [0.1, 0.15) is 0 Å². The van der Waals surface area contributed by atoms with Crippen LogP contribution >= 0.6 is 11.3 Å². The minimum atomic E-state index is -0.192. The van der Waals surface area contributed by atoms with E-state index in [9.17, 15) is 9.59 Å². The number of carbonyl (C=O) groups excluding carboxylic acids is 1. The number of esters is 1. The second-order valence-electron chi connectivity index (χ2n) is 5.30. The van der Waals surface area contributed by atoms with Crippen molar-refractivity contribution >= 4 is 28.3 Å². The van der Waals surface area contributed by atoms with Gasteiger partial charge in [0.25, 0.3) is 0 Å². The number of imidazole rings is 1. The number of nitrogens with zero attached hydrogens (tertiary/aromatic N) is 1. The van der Waals surface area contributed by atoms with Crippen LogP contribution in [0.1, 0.15) is 18.4 Å². The molecule has 0 radical (unpaired) electrons. The van der Waals surface area contributed by atoms with Crippen LogP contribution in [0.4, 0.5) is 0 Å². The van der Waals surface area contributed by atoms with Gasteiger partial charge in [0, 0.05) is 13.0 Å². The van der Waals surface area contributed by atoms with Crippen molar-refractivity contribution in [2.45, 2.75) is 25.8 Å². The average Bonchev–Trinajstić information content (AvgIpc) is 3.17. The number of aryl methyl sites for hydroxylation is 2. The molecule has 0 bridgehead atoms. The van der Waals surface area contributed by atoms with Crippen molar-refractivity contribution in [1.82, 2.24) is 9.55 Å². The van der Waals surface area contributed by atoms with Gasteiger partial charge in [-0.2, -0.15) is 11.3 Å². The number of fused-ring (bicyclic) bond motifs is 1. The molecule has 5 nitrogen and oxygen atoms in total. The Kier molecular flexibility index (Phi) is 4.92. The fourth-order valence-electron chi connectivity index (χ4n) is 2.49. The fraction of sp³-hybridized carbons (Fsp3) is 0.294. The van der Waals surface area contributed by atoms with Crippen molar-refractivity contribution in [3.8, 4) is 0 Å². The highest BCUT2D eigenvalue weighted by Crippen LogP contribution is 2.10. The summed E-state index contributed by atoms with van der Waals surface area (Å²) >= 11 is 1.63. The average molecular weight is 330 g/mol. The van der Waals surface area contributed by atoms with Gasteiger partial charge in [0.2, 0.25) is 0 Å². The highest BCUT2D eigenvalue weighted by Gasteiger charge is 2.07. The van der Waals surface area contributed by atoms with E-state index < -0.39 is 0 Å². The number of nitrogens with one attached hydrogen (secondary N) is 1. The summed E-state index contributed by atoms with van der Waals surface area (Å²) in [4.78, 5) is 26.4. The minimum absolute atomic E-state index is 0.130. The summed E-state index contributed by atoms with van der Waals surface area (Å²) in [5, 5.41) is 4.04.